The van der Waals surface area contributed by atoms with Gasteiger partial charge in [0.05, 0.1) is 5.52 Å². The molecule has 0 aliphatic rings. The lowest BCUT2D eigenvalue weighted by atomic mass is 10.1. The van der Waals surface area contributed by atoms with Gasteiger partial charge in [-0.1, -0.05) is 13.0 Å². The van der Waals surface area contributed by atoms with Gasteiger partial charge in [0.2, 0.25) is 0 Å². The zero-order valence-corrected chi connectivity index (χ0v) is 10.1. The van der Waals surface area contributed by atoms with Gasteiger partial charge >= 0.3 is 5.76 Å². The topological polar surface area (TPSA) is 61.2 Å². The van der Waals surface area contributed by atoms with Gasteiger partial charge in [0.15, 0.2) is 5.58 Å². The third-order valence-electron chi connectivity index (χ3n) is 2.85. The molecule has 0 saturated heterocycles. The van der Waals surface area contributed by atoms with E-state index in [4.69, 9.17) is 10.2 Å². The Labute approximate surface area is 100 Å². The van der Waals surface area contributed by atoms with E-state index in [-0.39, 0.29) is 5.76 Å². The normalized spacial score (nSPS) is 11.2. The first kappa shape index (κ1) is 11.9. The second-order valence-electron chi connectivity index (χ2n) is 4.21. The minimum atomic E-state index is -0.266. The molecule has 4 heteroatoms. The van der Waals surface area contributed by atoms with Crippen LogP contribution in [0.2, 0.25) is 0 Å². The van der Waals surface area contributed by atoms with Crippen LogP contribution in [0.1, 0.15) is 25.3 Å². The summed E-state index contributed by atoms with van der Waals surface area (Å²) in [6, 6.07) is 5.94. The zero-order chi connectivity index (χ0) is 12.3. The lowest BCUT2D eigenvalue weighted by molar-refractivity contribution is 0.502. The maximum atomic E-state index is 11.6. The molecule has 17 heavy (non-hydrogen) atoms. The first-order chi connectivity index (χ1) is 8.26. The third-order valence-corrected chi connectivity index (χ3v) is 2.85. The van der Waals surface area contributed by atoms with Gasteiger partial charge < -0.3 is 10.2 Å². The van der Waals surface area contributed by atoms with Crippen LogP contribution >= 0.6 is 0 Å². The van der Waals surface area contributed by atoms with E-state index < -0.39 is 0 Å². The summed E-state index contributed by atoms with van der Waals surface area (Å²) >= 11 is 0. The van der Waals surface area contributed by atoms with Crippen molar-refractivity contribution < 1.29 is 4.42 Å². The summed E-state index contributed by atoms with van der Waals surface area (Å²) in [6.45, 7) is 3.42. The summed E-state index contributed by atoms with van der Waals surface area (Å²) in [4.78, 5) is 11.6. The van der Waals surface area contributed by atoms with Crippen molar-refractivity contribution in [2.45, 2.75) is 32.7 Å². The van der Waals surface area contributed by atoms with Gasteiger partial charge in [-0.25, -0.2) is 4.79 Å². The van der Waals surface area contributed by atoms with E-state index in [9.17, 15) is 4.79 Å². The van der Waals surface area contributed by atoms with Crippen molar-refractivity contribution in [2.24, 2.45) is 5.73 Å². The second-order valence-corrected chi connectivity index (χ2v) is 4.21. The van der Waals surface area contributed by atoms with Crippen molar-refractivity contribution >= 4 is 11.1 Å². The average Bonchev–Trinajstić information content (AvgIpc) is 2.63. The highest BCUT2D eigenvalue weighted by atomic mass is 16.4. The van der Waals surface area contributed by atoms with E-state index in [1.54, 1.807) is 4.57 Å². The molecule has 0 bridgehead atoms. The van der Waals surface area contributed by atoms with Crippen LogP contribution in [0, 0.1) is 0 Å². The second kappa shape index (κ2) is 5.19. The maximum Gasteiger partial charge on any atom is 0.419 e. The molecule has 4 nitrogen and oxygen atoms in total. The lowest BCUT2D eigenvalue weighted by Gasteiger charge is -2.01. The van der Waals surface area contributed by atoms with Crippen molar-refractivity contribution in [1.29, 1.82) is 0 Å². The molecule has 0 radical (unpaired) electrons. The number of rotatable bonds is 5. The minimum absolute atomic E-state index is 0.266. The summed E-state index contributed by atoms with van der Waals surface area (Å²) in [6.07, 6.45) is 2.80. The molecule has 0 aliphatic heterocycles. The quantitative estimate of drug-likeness (QED) is 0.859. The van der Waals surface area contributed by atoms with Gasteiger partial charge in [-0.3, -0.25) is 4.57 Å². The Morgan fingerprint density at radius 2 is 2.24 bits per heavy atom. The summed E-state index contributed by atoms with van der Waals surface area (Å²) < 4.78 is 6.93. The van der Waals surface area contributed by atoms with Gasteiger partial charge in [0.1, 0.15) is 0 Å². The van der Waals surface area contributed by atoms with E-state index in [1.807, 2.05) is 25.1 Å². The summed E-state index contributed by atoms with van der Waals surface area (Å²) in [5, 5.41) is 0. The number of benzene rings is 1. The molecule has 1 aromatic carbocycles. The van der Waals surface area contributed by atoms with E-state index >= 15 is 0 Å². The number of aromatic nitrogens is 1. The van der Waals surface area contributed by atoms with E-state index in [0.29, 0.717) is 18.7 Å². The summed E-state index contributed by atoms with van der Waals surface area (Å²) in [5.74, 6) is -0.266. The molecule has 0 unspecified atom stereocenters. The molecule has 0 saturated carbocycles. The van der Waals surface area contributed by atoms with Crippen LogP contribution in [0.5, 0.6) is 0 Å². The predicted molar refractivity (Wildman–Crippen MR) is 68.1 cm³/mol. The molecular weight excluding hydrogens is 216 g/mol. The number of oxazole rings is 1. The van der Waals surface area contributed by atoms with Crippen LogP contribution in [0.3, 0.4) is 0 Å². The number of fused-ring (bicyclic) bond motifs is 1. The first-order valence-electron chi connectivity index (χ1n) is 6.08. The molecule has 0 aliphatic carbocycles. The van der Waals surface area contributed by atoms with E-state index in [1.165, 1.54) is 5.56 Å². The number of hydrogen-bond donors (Lipinski definition) is 1. The van der Waals surface area contributed by atoms with Crippen LogP contribution in [-0.4, -0.2) is 11.1 Å². The van der Waals surface area contributed by atoms with Gasteiger partial charge in [-0.15, -0.1) is 0 Å². The highest BCUT2D eigenvalue weighted by Crippen LogP contribution is 2.16. The fraction of sp³-hybridized carbons (Fsp3) is 0.462. The van der Waals surface area contributed by atoms with E-state index in [2.05, 4.69) is 0 Å². The van der Waals surface area contributed by atoms with E-state index in [0.717, 1.165) is 24.8 Å². The Morgan fingerprint density at radius 3 is 2.94 bits per heavy atom. The zero-order valence-electron chi connectivity index (χ0n) is 10.1. The van der Waals surface area contributed by atoms with Gasteiger partial charge in [-0.05, 0) is 43.5 Å². The van der Waals surface area contributed by atoms with Gasteiger partial charge in [-0.2, -0.15) is 0 Å². The van der Waals surface area contributed by atoms with Gasteiger partial charge in [0.25, 0.3) is 0 Å². The third kappa shape index (κ3) is 2.42. The fourth-order valence-electron chi connectivity index (χ4n) is 2.01. The smallest absolute Gasteiger partial charge is 0.408 e. The molecule has 2 aromatic rings. The van der Waals surface area contributed by atoms with Crippen molar-refractivity contribution in [3.63, 3.8) is 0 Å². The van der Waals surface area contributed by atoms with Crippen LogP contribution in [0.15, 0.2) is 27.4 Å². The van der Waals surface area contributed by atoms with Crippen LogP contribution in [0.4, 0.5) is 0 Å². The lowest BCUT2D eigenvalue weighted by Crippen LogP contribution is -2.13. The number of nitrogens with zero attached hydrogens (tertiary/aromatic N) is 1. The molecule has 0 spiro atoms. The highest BCUT2D eigenvalue weighted by molar-refractivity contribution is 5.73. The Hall–Kier alpha value is -1.55. The van der Waals surface area contributed by atoms with Gasteiger partial charge in [0, 0.05) is 6.54 Å². The van der Waals surface area contributed by atoms with Crippen molar-refractivity contribution in [3.8, 4) is 0 Å². The van der Waals surface area contributed by atoms with Crippen LogP contribution < -0.4 is 11.5 Å². The molecule has 1 aromatic heterocycles. The molecular formula is C13H18N2O2. The minimum Gasteiger partial charge on any atom is -0.408 e. The Bertz CT molecular complexity index is 554. The molecule has 1 heterocycles. The largest absolute Gasteiger partial charge is 0.419 e. The molecule has 0 atom stereocenters. The molecule has 0 fully saturated rings. The molecule has 0 amide bonds. The molecule has 2 N–H and O–H groups in total. The Kier molecular flexibility index (Phi) is 3.64. The summed E-state index contributed by atoms with van der Waals surface area (Å²) in [7, 11) is 0. The molecule has 2 rings (SSSR count). The fourth-order valence-corrected chi connectivity index (χ4v) is 2.01. The predicted octanol–water partition coefficient (Wildman–Crippen LogP) is 1.90. The van der Waals surface area contributed by atoms with Crippen LogP contribution in [-0.2, 0) is 13.0 Å². The maximum absolute atomic E-state index is 11.6. The monoisotopic (exact) mass is 234 g/mol. The number of aryl methyl sites for hydroxylation is 2. The van der Waals surface area contributed by atoms with Crippen molar-refractivity contribution in [1.82, 2.24) is 4.57 Å². The van der Waals surface area contributed by atoms with Crippen molar-refractivity contribution in [2.75, 3.05) is 6.54 Å². The highest BCUT2D eigenvalue weighted by Gasteiger charge is 2.08. The standard InChI is InChI=1S/C13H18N2O2/c1-2-8-15-11-6-5-10(4-3-7-14)9-12(11)17-13(15)16/h5-6,9H,2-4,7-8,14H2,1H3. The van der Waals surface area contributed by atoms with Crippen molar-refractivity contribution in [3.05, 3.63) is 34.3 Å². The first-order valence-corrected chi connectivity index (χ1v) is 6.08. The number of hydrogen-bond acceptors (Lipinski definition) is 3. The molecule has 92 valence electrons. The Morgan fingerprint density at radius 1 is 1.41 bits per heavy atom. The SMILES string of the molecule is CCCn1c(=O)oc2cc(CCCN)ccc21. The summed E-state index contributed by atoms with van der Waals surface area (Å²) in [5.41, 5.74) is 8.21. The average molecular weight is 234 g/mol. The Balaban J connectivity index is 2.39. The number of nitrogens with two attached hydrogens (primary N) is 1. The van der Waals surface area contributed by atoms with Crippen LogP contribution in [0.25, 0.3) is 11.1 Å².